The molecule has 0 saturated carbocycles. The van der Waals surface area contributed by atoms with Gasteiger partial charge in [0.15, 0.2) is 9.84 Å². The van der Waals surface area contributed by atoms with Crippen molar-refractivity contribution in [2.75, 3.05) is 11.5 Å². The maximum absolute atomic E-state index is 12.2. The van der Waals surface area contributed by atoms with Crippen LogP contribution in [0.4, 0.5) is 0 Å². The summed E-state index contributed by atoms with van der Waals surface area (Å²) in [6, 6.07) is 0. The molecule has 0 aromatic carbocycles. The van der Waals surface area contributed by atoms with Gasteiger partial charge in [0.2, 0.25) is 0 Å². The molecule has 0 unspecified atom stereocenters. The zero-order chi connectivity index (χ0) is 13.6. The second kappa shape index (κ2) is 4.08. The van der Waals surface area contributed by atoms with Crippen molar-refractivity contribution in [2.45, 2.75) is 25.8 Å². The van der Waals surface area contributed by atoms with Crippen LogP contribution in [0.2, 0.25) is 0 Å². The molecule has 0 aliphatic carbocycles. The number of aryl methyl sites for hydroxylation is 2. The highest BCUT2D eigenvalue weighted by Crippen LogP contribution is 2.23. The molecule has 2 heterocycles. The Kier molecular flexibility index (Phi) is 2.96. The van der Waals surface area contributed by atoms with E-state index in [1.165, 1.54) is 0 Å². The lowest BCUT2D eigenvalue weighted by atomic mass is 10.0. The van der Waals surface area contributed by atoms with Gasteiger partial charge in [-0.2, -0.15) is 0 Å². The molecular weight excluding hydrogens is 254 g/mol. The second-order valence-corrected chi connectivity index (χ2v) is 7.33. The highest BCUT2D eigenvalue weighted by atomic mass is 32.2. The first-order valence-corrected chi connectivity index (χ1v) is 7.55. The Morgan fingerprint density at radius 2 is 2.22 bits per heavy atom. The van der Waals surface area contributed by atoms with Gasteiger partial charge in [0.1, 0.15) is 5.69 Å². The van der Waals surface area contributed by atoms with Crippen LogP contribution in [-0.2, 0) is 16.9 Å². The predicted octanol–water partition coefficient (Wildman–Crippen LogP) is 0.0355. The first-order chi connectivity index (χ1) is 8.22. The summed E-state index contributed by atoms with van der Waals surface area (Å²) >= 11 is 0. The minimum absolute atomic E-state index is 0.00262. The van der Waals surface area contributed by atoms with Crippen LogP contribution in [0.5, 0.6) is 0 Å². The molecule has 100 valence electrons. The number of nitrogens with one attached hydrogen (secondary N) is 1. The highest BCUT2D eigenvalue weighted by Gasteiger charge is 2.40. The number of nitrogens with zero attached hydrogens (tertiary/aromatic N) is 2. The molecule has 1 N–H and O–H groups in total. The Morgan fingerprint density at radius 1 is 1.56 bits per heavy atom. The van der Waals surface area contributed by atoms with Gasteiger partial charge in [-0.3, -0.25) is 4.79 Å². The van der Waals surface area contributed by atoms with E-state index in [2.05, 4.69) is 10.3 Å². The van der Waals surface area contributed by atoms with Gasteiger partial charge >= 0.3 is 0 Å². The number of amides is 1. The van der Waals surface area contributed by atoms with E-state index in [0.717, 1.165) is 0 Å². The topological polar surface area (TPSA) is 81.1 Å². The van der Waals surface area contributed by atoms with Crippen molar-refractivity contribution in [3.63, 3.8) is 0 Å². The minimum atomic E-state index is -3.03. The third-order valence-corrected chi connectivity index (χ3v) is 5.16. The molecular formula is C11H17N3O3S. The normalized spacial score (nSPS) is 26.2. The SMILES string of the molecule is Cc1ncn(C)c1C(=O)N[C@@]1(C)CCS(=O)(=O)C1. The fraction of sp³-hybridized carbons (Fsp3) is 0.636. The summed E-state index contributed by atoms with van der Waals surface area (Å²) in [4.78, 5) is 16.2. The van der Waals surface area contributed by atoms with Crippen molar-refractivity contribution in [2.24, 2.45) is 7.05 Å². The van der Waals surface area contributed by atoms with Gasteiger partial charge in [0.05, 0.1) is 29.1 Å². The molecule has 1 aliphatic heterocycles. The lowest BCUT2D eigenvalue weighted by molar-refractivity contribution is 0.0906. The highest BCUT2D eigenvalue weighted by molar-refractivity contribution is 7.91. The smallest absolute Gasteiger partial charge is 0.270 e. The fourth-order valence-corrected chi connectivity index (χ4v) is 4.41. The summed E-state index contributed by atoms with van der Waals surface area (Å²) in [6.07, 6.45) is 2.02. The predicted molar refractivity (Wildman–Crippen MR) is 67.1 cm³/mol. The Balaban J connectivity index is 2.19. The molecule has 18 heavy (non-hydrogen) atoms. The lowest BCUT2D eigenvalue weighted by Crippen LogP contribution is -2.47. The lowest BCUT2D eigenvalue weighted by Gasteiger charge is -2.24. The molecule has 0 bridgehead atoms. The van der Waals surface area contributed by atoms with Crippen LogP contribution in [0, 0.1) is 6.92 Å². The molecule has 1 aliphatic rings. The van der Waals surface area contributed by atoms with Crippen LogP contribution in [0.3, 0.4) is 0 Å². The van der Waals surface area contributed by atoms with Crippen LogP contribution in [0.1, 0.15) is 29.5 Å². The first kappa shape index (κ1) is 13.1. The van der Waals surface area contributed by atoms with Gasteiger partial charge in [-0.25, -0.2) is 13.4 Å². The number of hydrogen-bond donors (Lipinski definition) is 1. The van der Waals surface area contributed by atoms with Crippen LogP contribution < -0.4 is 5.32 Å². The van der Waals surface area contributed by atoms with Crippen LogP contribution in [0.25, 0.3) is 0 Å². The van der Waals surface area contributed by atoms with Gasteiger partial charge < -0.3 is 9.88 Å². The Hall–Kier alpha value is -1.37. The third-order valence-electron chi connectivity index (χ3n) is 3.25. The van der Waals surface area contributed by atoms with E-state index in [9.17, 15) is 13.2 Å². The number of imidazole rings is 1. The third kappa shape index (κ3) is 2.40. The van der Waals surface area contributed by atoms with Crippen molar-refractivity contribution in [1.29, 1.82) is 0 Å². The van der Waals surface area contributed by atoms with Gasteiger partial charge in [-0.05, 0) is 20.3 Å². The van der Waals surface area contributed by atoms with Gasteiger partial charge in [0, 0.05) is 7.05 Å². The fourth-order valence-electron chi connectivity index (χ4n) is 2.31. The molecule has 1 atom stereocenters. The van der Waals surface area contributed by atoms with E-state index in [1.807, 2.05) is 0 Å². The Morgan fingerprint density at radius 3 is 2.67 bits per heavy atom. The number of carbonyl (C=O) groups is 1. The average Bonchev–Trinajstić information content (AvgIpc) is 2.67. The summed E-state index contributed by atoms with van der Waals surface area (Å²) in [6.45, 7) is 3.52. The zero-order valence-electron chi connectivity index (χ0n) is 10.7. The van der Waals surface area contributed by atoms with E-state index < -0.39 is 15.4 Å². The molecule has 6 nitrogen and oxygen atoms in total. The van der Waals surface area contributed by atoms with E-state index in [4.69, 9.17) is 0 Å². The van der Waals surface area contributed by atoms with Crippen molar-refractivity contribution >= 4 is 15.7 Å². The summed E-state index contributed by atoms with van der Waals surface area (Å²) in [5.41, 5.74) is 0.437. The zero-order valence-corrected chi connectivity index (χ0v) is 11.5. The maximum atomic E-state index is 12.2. The number of aromatic nitrogens is 2. The van der Waals surface area contributed by atoms with E-state index in [0.29, 0.717) is 17.8 Å². The van der Waals surface area contributed by atoms with Gasteiger partial charge in [-0.1, -0.05) is 0 Å². The molecule has 0 radical (unpaired) electrons. The molecule has 1 aromatic heterocycles. The molecule has 0 spiro atoms. The molecule has 1 aromatic rings. The van der Waals surface area contributed by atoms with Crippen molar-refractivity contribution in [3.05, 3.63) is 17.7 Å². The Bertz CT molecular complexity index is 571. The van der Waals surface area contributed by atoms with E-state index in [1.54, 1.807) is 31.8 Å². The standard InChI is InChI=1S/C11H17N3O3S/c1-8-9(14(3)7-12-8)10(15)13-11(2)4-5-18(16,17)6-11/h7H,4-6H2,1-3H3,(H,13,15)/t11-/m0/s1. The number of rotatable bonds is 2. The van der Waals surface area contributed by atoms with Crippen LogP contribution in [-0.4, -0.2) is 40.9 Å². The summed E-state index contributed by atoms with van der Waals surface area (Å²) in [7, 11) is -1.29. The van der Waals surface area contributed by atoms with Crippen LogP contribution in [0.15, 0.2) is 6.33 Å². The number of sulfone groups is 1. The van der Waals surface area contributed by atoms with Gasteiger partial charge in [0.25, 0.3) is 5.91 Å². The van der Waals surface area contributed by atoms with Crippen molar-refractivity contribution < 1.29 is 13.2 Å². The summed E-state index contributed by atoms with van der Waals surface area (Å²) in [5.74, 6) is -0.136. The largest absolute Gasteiger partial charge is 0.344 e. The summed E-state index contributed by atoms with van der Waals surface area (Å²) in [5, 5.41) is 2.82. The van der Waals surface area contributed by atoms with Crippen LogP contribution >= 0.6 is 0 Å². The molecule has 1 saturated heterocycles. The average molecular weight is 271 g/mol. The maximum Gasteiger partial charge on any atom is 0.270 e. The minimum Gasteiger partial charge on any atom is -0.344 e. The van der Waals surface area contributed by atoms with E-state index >= 15 is 0 Å². The number of hydrogen-bond acceptors (Lipinski definition) is 4. The molecule has 2 rings (SSSR count). The van der Waals surface area contributed by atoms with Crippen molar-refractivity contribution in [3.8, 4) is 0 Å². The second-order valence-electron chi connectivity index (χ2n) is 5.15. The van der Waals surface area contributed by atoms with Gasteiger partial charge in [-0.15, -0.1) is 0 Å². The monoisotopic (exact) mass is 271 g/mol. The quantitative estimate of drug-likeness (QED) is 0.823. The van der Waals surface area contributed by atoms with Crippen molar-refractivity contribution in [1.82, 2.24) is 14.9 Å². The molecule has 1 fully saturated rings. The number of carbonyl (C=O) groups excluding carboxylic acids is 1. The Labute approximate surface area is 106 Å². The molecule has 1 amide bonds. The summed E-state index contributed by atoms with van der Waals surface area (Å²) < 4.78 is 24.6. The first-order valence-electron chi connectivity index (χ1n) is 5.73. The molecule has 7 heteroatoms. The van der Waals surface area contributed by atoms with E-state index in [-0.39, 0.29) is 17.4 Å².